The number of ether oxygens (including phenoxy) is 3. The van der Waals surface area contributed by atoms with Crippen molar-refractivity contribution in [3.8, 4) is 11.5 Å². The number of hydrogen-bond acceptors (Lipinski definition) is 4. The Morgan fingerprint density at radius 1 is 1.35 bits per heavy atom. The summed E-state index contributed by atoms with van der Waals surface area (Å²) in [6.07, 6.45) is 0.301. The van der Waals surface area contributed by atoms with Gasteiger partial charge in [0.15, 0.2) is 17.3 Å². The number of rotatable bonds is 4. The Morgan fingerprint density at radius 3 is 2.65 bits per heavy atom. The lowest BCUT2D eigenvalue weighted by Crippen LogP contribution is -2.16. The fraction of sp³-hybridized carbons (Fsp3) is 0.417. The molecule has 4 nitrogen and oxygen atoms in total. The molecule has 0 N–H and O–H groups in total. The van der Waals surface area contributed by atoms with Gasteiger partial charge < -0.3 is 14.2 Å². The summed E-state index contributed by atoms with van der Waals surface area (Å²) in [5.41, 5.74) is 0.452. The third kappa shape index (κ3) is 2.70. The molecule has 2 rings (SSSR count). The van der Waals surface area contributed by atoms with Gasteiger partial charge in [0.1, 0.15) is 13.2 Å². The van der Waals surface area contributed by atoms with E-state index in [2.05, 4.69) is 0 Å². The van der Waals surface area contributed by atoms with E-state index in [1.165, 1.54) is 0 Å². The van der Waals surface area contributed by atoms with Crippen molar-refractivity contribution >= 4 is 17.4 Å². The largest absolute Gasteiger partial charge is 0.486 e. The van der Waals surface area contributed by atoms with Crippen molar-refractivity contribution in [1.82, 2.24) is 0 Å². The van der Waals surface area contributed by atoms with Gasteiger partial charge in [0.25, 0.3) is 0 Å². The quantitative estimate of drug-likeness (QED) is 0.776. The summed E-state index contributed by atoms with van der Waals surface area (Å²) in [6, 6.07) is 3.25. The van der Waals surface area contributed by atoms with Crippen LogP contribution in [0.4, 0.5) is 0 Å². The number of methoxy groups -OCH3 is 1. The van der Waals surface area contributed by atoms with Crippen LogP contribution in [-0.4, -0.2) is 32.7 Å². The zero-order valence-corrected chi connectivity index (χ0v) is 10.3. The smallest absolute Gasteiger partial charge is 0.166 e. The lowest BCUT2D eigenvalue weighted by molar-refractivity contribution is 0.0931. The highest BCUT2D eigenvalue weighted by Crippen LogP contribution is 2.35. The van der Waals surface area contributed by atoms with E-state index in [1.807, 2.05) is 0 Å². The molecule has 1 aromatic rings. The van der Waals surface area contributed by atoms with E-state index in [4.69, 9.17) is 25.8 Å². The van der Waals surface area contributed by atoms with Crippen LogP contribution in [0.2, 0.25) is 5.02 Å². The second-order valence-electron chi connectivity index (χ2n) is 3.64. The highest BCUT2D eigenvalue weighted by atomic mass is 35.5. The maximum Gasteiger partial charge on any atom is 0.166 e. The second kappa shape index (κ2) is 5.38. The van der Waals surface area contributed by atoms with Gasteiger partial charge in [-0.15, -0.1) is 0 Å². The molecule has 1 aliphatic rings. The molecule has 1 aliphatic heterocycles. The number of carbonyl (C=O) groups is 1. The van der Waals surface area contributed by atoms with Gasteiger partial charge in [0, 0.05) is 25.2 Å². The molecule has 0 aromatic heterocycles. The van der Waals surface area contributed by atoms with E-state index in [0.717, 1.165) is 0 Å². The molecule has 0 atom stereocenters. The minimum Gasteiger partial charge on any atom is -0.486 e. The lowest BCUT2D eigenvalue weighted by Gasteiger charge is -2.19. The van der Waals surface area contributed by atoms with Crippen molar-refractivity contribution in [1.29, 1.82) is 0 Å². The van der Waals surface area contributed by atoms with E-state index in [9.17, 15) is 4.79 Å². The molecule has 0 aliphatic carbocycles. The van der Waals surface area contributed by atoms with Crippen LogP contribution in [0, 0.1) is 0 Å². The van der Waals surface area contributed by atoms with Crippen molar-refractivity contribution in [2.24, 2.45) is 0 Å². The minimum absolute atomic E-state index is 0.0613. The van der Waals surface area contributed by atoms with Crippen LogP contribution in [0.5, 0.6) is 11.5 Å². The number of benzene rings is 1. The topological polar surface area (TPSA) is 44.8 Å². The predicted molar refractivity (Wildman–Crippen MR) is 63.3 cm³/mol. The van der Waals surface area contributed by atoms with Gasteiger partial charge in [-0.3, -0.25) is 4.79 Å². The van der Waals surface area contributed by atoms with Crippen LogP contribution in [0.15, 0.2) is 12.1 Å². The van der Waals surface area contributed by atoms with Crippen LogP contribution in [0.1, 0.15) is 16.8 Å². The van der Waals surface area contributed by atoms with Gasteiger partial charge in [0.05, 0.1) is 11.6 Å². The van der Waals surface area contributed by atoms with Crippen LogP contribution < -0.4 is 9.47 Å². The summed E-state index contributed by atoms with van der Waals surface area (Å²) in [4.78, 5) is 11.8. The third-order valence-corrected chi connectivity index (χ3v) is 2.78. The first-order valence-corrected chi connectivity index (χ1v) is 5.71. The summed E-state index contributed by atoms with van der Waals surface area (Å²) in [6.45, 7) is 1.37. The number of fused-ring (bicyclic) bond motifs is 1. The summed E-state index contributed by atoms with van der Waals surface area (Å²) in [7, 11) is 1.55. The first kappa shape index (κ1) is 12.2. The summed E-state index contributed by atoms with van der Waals surface area (Å²) < 4.78 is 15.6. The molecule has 92 valence electrons. The minimum atomic E-state index is -0.0613. The molecule has 0 unspecified atom stereocenters. The molecule has 0 radical (unpaired) electrons. The molecule has 0 saturated heterocycles. The first-order valence-electron chi connectivity index (χ1n) is 5.33. The van der Waals surface area contributed by atoms with E-state index in [1.54, 1.807) is 19.2 Å². The van der Waals surface area contributed by atoms with Gasteiger partial charge in [-0.05, 0) is 6.07 Å². The fourth-order valence-electron chi connectivity index (χ4n) is 1.61. The molecule has 0 fully saturated rings. The van der Waals surface area contributed by atoms with Gasteiger partial charge in [-0.2, -0.15) is 0 Å². The maximum absolute atomic E-state index is 11.8. The Morgan fingerprint density at radius 2 is 2.00 bits per heavy atom. The zero-order valence-electron chi connectivity index (χ0n) is 9.49. The molecule has 1 aromatic carbocycles. The SMILES string of the molecule is COCCC(=O)c1cc2c(cc1Cl)OCCO2. The average molecular weight is 257 g/mol. The Hall–Kier alpha value is -1.26. The molecule has 0 amide bonds. The van der Waals surface area contributed by atoms with Crippen molar-refractivity contribution in [3.05, 3.63) is 22.7 Å². The van der Waals surface area contributed by atoms with E-state index in [0.29, 0.717) is 48.3 Å². The summed E-state index contributed by atoms with van der Waals surface area (Å²) in [5.74, 6) is 1.10. The second-order valence-corrected chi connectivity index (χ2v) is 4.05. The van der Waals surface area contributed by atoms with Crippen LogP contribution in [0.3, 0.4) is 0 Å². The molecule has 5 heteroatoms. The Labute approximate surface area is 104 Å². The van der Waals surface area contributed by atoms with Crippen molar-refractivity contribution in [2.75, 3.05) is 26.9 Å². The standard InChI is InChI=1S/C12H13ClO4/c1-15-3-2-10(14)8-6-11-12(7-9(8)13)17-5-4-16-11/h6-7H,2-5H2,1H3. The first-order chi connectivity index (χ1) is 8.22. The highest BCUT2D eigenvalue weighted by Gasteiger charge is 2.18. The van der Waals surface area contributed by atoms with Crippen molar-refractivity contribution in [2.45, 2.75) is 6.42 Å². The summed E-state index contributed by atoms with van der Waals surface area (Å²) in [5, 5.41) is 0.385. The van der Waals surface area contributed by atoms with Crippen molar-refractivity contribution in [3.63, 3.8) is 0 Å². The zero-order chi connectivity index (χ0) is 12.3. The van der Waals surface area contributed by atoms with E-state index in [-0.39, 0.29) is 5.78 Å². The Bertz CT molecular complexity index is 431. The monoisotopic (exact) mass is 256 g/mol. The number of halogens is 1. The van der Waals surface area contributed by atoms with E-state index < -0.39 is 0 Å². The van der Waals surface area contributed by atoms with Gasteiger partial charge >= 0.3 is 0 Å². The highest BCUT2D eigenvalue weighted by molar-refractivity contribution is 6.34. The van der Waals surface area contributed by atoms with Crippen LogP contribution >= 0.6 is 11.6 Å². The normalized spacial score (nSPS) is 13.5. The predicted octanol–water partition coefficient (Wildman–Crippen LogP) is 2.33. The Balaban J connectivity index is 2.25. The van der Waals surface area contributed by atoms with Crippen LogP contribution in [-0.2, 0) is 4.74 Å². The van der Waals surface area contributed by atoms with Gasteiger partial charge in [0.2, 0.25) is 0 Å². The van der Waals surface area contributed by atoms with Crippen molar-refractivity contribution < 1.29 is 19.0 Å². The van der Waals surface area contributed by atoms with E-state index >= 15 is 0 Å². The van der Waals surface area contributed by atoms with Gasteiger partial charge in [-0.1, -0.05) is 11.6 Å². The molecule has 1 heterocycles. The van der Waals surface area contributed by atoms with Crippen LogP contribution in [0.25, 0.3) is 0 Å². The fourth-order valence-corrected chi connectivity index (χ4v) is 1.87. The number of Topliss-reactive ketones (excluding diaryl/α,β-unsaturated/α-hetero) is 1. The molecular formula is C12H13ClO4. The average Bonchev–Trinajstić information content (AvgIpc) is 2.35. The number of ketones is 1. The third-order valence-electron chi connectivity index (χ3n) is 2.47. The summed E-state index contributed by atoms with van der Waals surface area (Å²) >= 11 is 6.04. The molecule has 0 spiro atoms. The number of hydrogen-bond donors (Lipinski definition) is 0. The molecule has 0 bridgehead atoms. The molecule has 0 saturated carbocycles. The van der Waals surface area contributed by atoms with Gasteiger partial charge in [-0.25, -0.2) is 0 Å². The maximum atomic E-state index is 11.8. The molecular weight excluding hydrogens is 244 g/mol. The Kier molecular flexibility index (Phi) is 3.86. The number of carbonyl (C=O) groups excluding carboxylic acids is 1. The lowest BCUT2D eigenvalue weighted by atomic mass is 10.1. The molecule has 17 heavy (non-hydrogen) atoms.